The molecule has 0 aromatic heterocycles. The van der Waals surface area contributed by atoms with Gasteiger partial charge in [0.05, 0.1) is 0 Å². The fraction of sp³-hybridized carbons (Fsp3) is 0.500. The Hall–Kier alpha value is -0.980. The maximum Gasteiger partial charge on any atom is 0.458 e. The number of carbonyl (C=O) groups is 1. The van der Waals surface area contributed by atoms with Gasteiger partial charge in [0, 0.05) is 12.3 Å². The second kappa shape index (κ2) is 3.25. The second-order valence-electron chi connectivity index (χ2n) is 1.52. The van der Waals surface area contributed by atoms with Crippen molar-refractivity contribution in [1.82, 2.24) is 0 Å². The zero-order valence-corrected chi connectivity index (χ0v) is 5.25. The van der Waals surface area contributed by atoms with E-state index in [1.54, 1.807) is 0 Å². The maximum absolute atomic E-state index is 11.2. The zero-order chi connectivity index (χ0) is 8.20. The van der Waals surface area contributed by atoms with Gasteiger partial charge in [-0.1, -0.05) is 6.92 Å². The van der Waals surface area contributed by atoms with Crippen LogP contribution in [0.2, 0.25) is 0 Å². The first-order chi connectivity index (χ1) is 4.45. The molecule has 0 aliphatic heterocycles. The lowest BCUT2D eigenvalue weighted by Crippen LogP contribution is -2.03. The molecule has 0 aliphatic rings. The quantitative estimate of drug-likeness (QED) is 0.409. The van der Waals surface area contributed by atoms with Crippen molar-refractivity contribution >= 4 is 5.78 Å². The minimum Gasteiger partial charge on any atom is -0.285 e. The van der Waals surface area contributed by atoms with Crippen molar-refractivity contribution in [1.29, 1.82) is 0 Å². The van der Waals surface area contributed by atoms with Crippen LogP contribution in [0.5, 0.6) is 0 Å². The summed E-state index contributed by atoms with van der Waals surface area (Å²) in [4.78, 5) is 10.2. The maximum atomic E-state index is 11.2. The third-order valence-corrected chi connectivity index (χ3v) is 0.665. The number of hydrogen-bond acceptors (Lipinski definition) is 1. The van der Waals surface area contributed by atoms with Gasteiger partial charge in [0.25, 0.3) is 0 Å². The van der Waals surface area contributed by atoms with Gasteiger partial charge in [-0.2, -0.15) is 13.2 Å². The van der Waals surface area contributed by atoms with Crippen LogP contribution >= 0.6 is 0 Å². The normalized spacial score (nSPS) is 10.0. The molecule has 0 N–H and O–H groups in total. The summed E-state index contributed by atoms with van der Waals surface area (Å²) >= 11 is 0. The summed E-state index contributed by atoms with van der Waals surface area (Å²) in [5.41, 5.74) is 0. The highest BCUT2D eigenvalue weighted by molar-refractivity contribution is 5.95. The topological polar surface area (TPSA) is 17.1 Å². The van der Waals surface area contributed by atoms with Crippen molar-refractivity contribution in [2.45, 2.75) is 19.5 Å². The smallest absolute Gasteiger partial charge is 0.285 e. The van der Waals surface area contributed by atoms with Crippen molar-refractivity contribution in [2.75, 3.05) is 0 Å². The molecule has 0 aliphatic carbocycles. The van der Waals surface area contributed by atoms with Gasteiger partial charge in [-0.25, -0.2) is 0 Å². The van der Waals surface area contributed by atoms with Crippen LogP contribution in [0.3, 0.4) is 0 Å². The highest BCUT2D eigenvalue weighted by Gasteiger charge is 2.23. The van der Waals surface area contributed by atoms with E-state index in [4.69, 9.17) is 0 Å². The Morgan fingerprint density at radius 1 is 1.50 bits per heavy atom. The molecule has 0 spiro atoms. The molecule has 0 heterocycles. The predicted molar refractivity (Wildman–Crippen MR) is 29.1 cm³/mol. The molecule has 0 atom stereocenters. The van der Waals surface area contributed by atoms with Crippen LogP contribution in [-0.4, -0.2) is 12.0 Å². The summed E-state index contributed by atoms with van der Waals surface area (Å²) in [5, 5.41) is 0. The lowest BCUT2D eigenvalue weighted by molar-refractivity contribution is -0.113. The molecule has 0 aromatic rings. The summed E-state index contributed by atoms with van der Waals surface area (Å²) in [5.74, 6) is 1.63. The minimum absolute atomic E-state index is 0.0169. The van der Waals surface area contributed by atoms with E-state index in [1.807, 2.05) is 0 Å². The van der Waals surface area contributed by atoms with Gasteiger partial charge in [-0.3, -0.25) is 4.79 Å². The summed E-state index contributed by atoms with van der Waals surface area (Å²) in [6.45, 7) is 1.45. The van der Waals surface area contributed by atoms with E-state index in [1.165, 1.54) is 12.8 Å². The Morgan fingerprint density at radius 3 is 2.30 bits per heavy atom. The standard InChI is InChI=1S/C6H5F3O/c1-2-5(10)3-4-6(7,8)9/h2H2,1H3. The fourth-order valence-corrected chi connectivity index (χ4v) is 0.229. The summed E-state index contributed by atoms with van der Waals surface area (Å²) < 4.78 is 33.7. The van der Waals surface area contributed by atoms with E-state index in [9.17, 15) is 18.0 Å². The van der Waals surface area contributed by atoms with Gasteiger partial charge < -0.3 is 0 Å². The molecule has 0 unspecified atom stereocenters. The average molecular weight is 150 g/mol. The molecule has 0 saturated heterocycles. The Balaban J connectivity index is 4.05. The number of rotatable bonds is 1. The summed E-state index contributed by atoms with van der Waals surface area (Å²) in [6.07, 6.45) is -4.53. The molecular formula is C6H5F3O. The van der Waals surface area contributed by atoms with Gasteiger partial charge in [0.15, 0.2) is 0 Å². The molecule has 0 radical (unpaired) electrons. The Bertz CT molecular complexity index is 181. The van der Waals surface area contributed by atoms with Crippen molar-refractivity contribution in [2.24, 2.45) is 0 Å². The number of ketones is 1. The average Bonchev–Trinajstić information content (AvgIpc) is 1.81. The van der Waals surface area contributed by atoms with Crippen molar-refractivity contribution < 1.29 is 18.0 Å². The van der Waals surface area contributed by atoms with Gasteiger partial charge in [-0.05, 0) is 5.92 Å². The lowest BCUT2D eigenvalue weighted by atomic mass is 10.3. The molecule has 0 fully saturated rings. The number of halogens is 3. The van der Waals surface area contributed by atoms with E-state index >= 15 is 0 Å². The molecule has 1 nitrogen and oxygen atoms in total. The predicted octanol–water partition coefficient (Wildman–Crippen LogP) is 1.53. The van der Waals surface area contributed by atoms with E-state index in [-0.39, 0.29) is 6.42 Å². The first-order valence-electron chi connectivity index (χ1n) is 2.58. The summed E-state index contributed by atoms with van der Waals surface area (Å²) in [6, 6.07) is 0. The first-order valence-corrected chi connectivity index (χ1v) is 2.58. The molecule has 0 saturated carbocycles. The molecule has 56 valence electrons. The minimum atomic E-state index is -4.55. The molecule has 4 heteroatoms. The van der Waals surface area contributed by atoms with Crippen LogP contribution in [0.1, 0.15) is 13.3 Å². The molecule has 0 rings (SSSR count). The van der Waals surface area contributed by atoms with Gasteiger partial charge in [-0.15, -0.1) is 0 Å². The molecule has 0 amide bonds. The monoisotopic (exact) mass is 150 g/mol. The molecule has 0 bridgehead atoms. The highest BCUT2D eigenvalue weighted by atomic mass is 19.4. The third-order valence-electron chi connectivity index (χ3n) is 0.665. The zero-order valence-electron chi connectivity index (χ0n) is 5.25. The number of alkyl halides is 3. The van der Waals surface area contributed by atoms with Crippen LogP contribution in [0, 0.1) is 11.8 Å². The molecule has 0 aromatic carbocycles. The number of Topliss-reactive ketones (excluding diaryl/α,β-unsaturated/α-hetero) is 1. The Labute approximate surface area is 56.2 Å². The van der Waals surface area contributed by atoms with Crippen LogP contribution in [0.25, 0.3) is 0 Å². The number of carbonyl (C=O) groups excluding carboxylic acids is 1. The molecule has 10 heavy (non-hydrogen) atoms. The third kappa shape index (κ3) is 5.16. The van der Waals surface area contributed by atoms with Gasteiger partial charge >= 0.3 is 6.18 Å². The largest absolute Gasteiger partial charge is 0.458 e. The lowest BCUT2D eigenvalue weighted by Gasteiger charge is -1.90. The summed E-state index contributed by atoms with van der Waals surface area (Å²) in [7, 11) is 0. The second-order valence-corrected chi connectivity index (χ2v) is 1.52. The van der Waals surface area contributed by atoms with Crippen LogP contribution in [-0.2, 0) is 4.79 Å². The fourth-order valence-electron chi connectivity index (χ4n) is 0.229. The van der Waals surface area contributed by atoms with E-state index < -0.39 is 12.0 Å². The van der Waals surface area contributed by atoms with E-state index in [0.717, 1.165) is 5.92 Å². The first kappa shape index (κ1) is 9.02. The SMILES string of the molecule is CCC(=O)C#CC(F)(F)F. The van der Waals surface area contributed by atoms with Crippen molar-refractivity contribution in [3.63, 3.8) is 0 Å². The number of hydrogen-bond donors (Lipinski definition) is 0. The van der Waals surface area contributed by atoms with Crippen molar-refractivity contribution in [3.8, 4) is 11.8 Å². The van der Waals surface area contributed by atoms with Crippen LogP contribution < -0.4 is 0 Å². The van der Waals surface area contributed by atoms with E-state index in [2.05, 4.69) is 0 Å². The van der Waals surface area contributed by atoms with Crippen LogP contribution in [0.4, 0.5) is 13.2 Å². The van der Waals surface area contributed by atoms with Gasteiger partial charge in [0.1, 0.15) is 0 Å². The van der Waals surface area contributed by atoms with Gasteiger partial charge in [0.2, 0.25) is 5.78 Å². The highest BCUT2D eigenvalue weighted by Crippen LogP contribution is 2.11. The molecular weight excluding hydrogens is 145 g/mol. The van der Waals surface area contributed by atoms with E-state index in [0.29, 0.717) is 0 Å². The Morgan fingerprint density at radius 2 is 2.00 bits per heavy atom. The van der Waals surface area contributed by atoms with Crippen LogP contribution in [0.15, 0.2) is 0 Å². The van der Waals surface area contributed by atoms with Crippen molar-refractivity contribution in [3.05, 3.63) is 0 Å². The Kier molecular flexibility index (Phi) is 2.94.